The Morgan fingerprint density at radius 2 is 1.81 bits per heavy atom. The largest absolute Gasteiger partial charge is 0.748 e. The van der Waals surface area contributed by atoms with E-state index < -0.39 is 41.9 Å². The molecule has 2 N–H and O–H groups in total. The van der Waals surface area contributed by atoms with Gasteiger partial charge in [-0.05, 0) is 70.4 Å². The van der Waals surface area contributed by atoms with Gasteiger partial charge in [0.1, 0.15) is 33.6 Å². The predicted molar refractivity (Wildman–Crippen MR) is 194 cm³/mol. The van der Waals surface area contributed by atoms with Crippen LogP contribution in [0, 0.1) is 0 Å². The van der Waals surface area contributed by atoms with Crippen molar-refractivity contribution in [3.8, 4) is 5.75 Å². The third-order valence-corrected chi connectivity index (χ3v) is 11.3. The highest BCUT2D eigenvalue weighted by atomic mass is 32.2. The molecule has 1 unspecified atom stereocenters. The van der Waals surface area contributed by atoms with Gasteiger partial charge in [0.2, 0.25) is 11.6 Å². The molecular weight excluding hydrogens is 755 g/mol. The number of anilines is 1. The van der Waals surface area contributed by atoms with Gasteiger partial charge in [-0.1, -0.05) is 0 Å². The molecular formula is C34H41N3O13S3-2. The van der Waals surface area contributed by atoms with E-state index in [1.54, 1.807) is 29.7 Å². The Kier molecular flexibility index (Phi) is 14.2. The Balaban J connectivity index is 1.76. The molecule has 0 saturated carbocycles. The number of carbonyl (C=O) groups is 1. The Morgan fingerprint density at radius 3 is 2.47 bits per heavy atom. The van der Waals surface area contributed by atoms with Crippen LogP contribution in [0.1, 0.15) is 64.0 Å². The summed E-state index contributed by atoms with van der Waals surface area (Å²) >= 11 is 0.792. The average Bonchev–Trinajstić information content (AvgIpc) is 3.32. The van der Waals surface area contributed by atoms with Crippen LogP contribution in [-0.4, -0.2) is 84.9 Å². The van der Waals surface area contributed by atoms with Crippen molar-refractivity contribution in [2.75, 3.05) is 42.6 Å². The SMILES string of the molecule is CCN(CC)c1ccc2c(O)c(/C=C/C3=[N+](CCCS(=O)(=O)[O-])c4ccc(S(=O)(=O)[O-])cc4C3(C)CCCC(=O)NCCCSOO[O-])c(=O)oc2c1. The van der Waals surface area contributed by atoms with Crippen molar-refractivity contribution in [2.24, 2.45) is 0 Å². The van der Waals surface area contributed by atoms with E-state index in [1.807, 2.05) is 18.7 Å². The van der Waals surface area contributed by atoms with Crippen molar-refractivity contribution in [3.05, 3.63) is 64.0 Å². The quantitative estimate of drug-likeness (QED) is 0.0318. The fourth-order valence-corrected chi connectivity index (χ4v) is 7.83. The minimum atomic E-state index is -4.90. The number of hydrogen-bond donors (Lipinski definition) is 2. The maximum absolute atomic E-state index is 13.3. The van der Waals surface area contributed by atoms with Gasteiger partial charge in [0.25, 0.3) is 0 Å². The van der Waals surface area contributed by atoms with E-state index >= 15 is 0 Å². The van der Waals surface area contributed by atoms with Crippen molar-refractivity contribution in [2.45, 2.75) is 63.2 Å². The first-order valence-corrected chi connectivity index (χ1v) is 20.7. The molecule has 0 spiro atoms. The average molecular weight is 796 g/mol. The molecule has 1 amide bonds. The monoisotopic (exact) mass is 795 g/mol. The number of benzene rings is 2. The van der Waals surface area contributed by atoms with Crippen molar-refractivity contribution >= 4 is 72.3 Å². The van der Waals surface area contributed by atoms with Gasteiger partial charge in [-0.15, -0.1) is 0 Å². The molecule has 290 valence electrons. The number of aromatic hydroxyl groups is 1. The second kappa shape index (κ2) is 18.0. The second-order valence-electron chi connectivity index (χ2n) is 12.5. The summed E-state index contributed by atoms with van der Waals surface area (Å²) in [5, 5.41) is 27.5. The zero-order valence-electron chi connectivity index (χ0n) is 29.4. The number of fused-ring (bicyclic) bond motifs is 2. The second-order valence-corrected chi connectivity index (χ2v) is 16.2. The van der Waals surface area contributed by atoms with Crippen LogP contribution in [0.3, 0.4) is 0 Å². The molecule has 2 aromatic carbocycles. The highest BCUT2D eigenvalue weighted by Crippen LogP contribution is 2.45. The third-order valence-electron chi connectivity index (χ3n) is 9.09. The zero-order valence-corrected chi connectivity index (χ0v) is 31.8. The molecule has 4 rings (SSSR count). The van der Waals surface area contributed by atoms with Crippen LogP contribution in [0.4, 0.5) is 11.4 Å². The Labute approximate surface area is 311 Å². The first-order valence-electron chi connectivity index (χ1n) is 16.8. The van der Waals surface area contributed by atoms with E-state index in [4.69, 9.17) is 4.42 Å². The van der Waals surface area contributed by atoms with Crippen molar-refractivity contribution in [3.63, 3.8) is 0 Å². The molecule has 1 aliphatic heterocycles. The lowest BCUT2D eigenvalue weighted by molar-refractivity contribution is -0.777. The lowest BCUT2D eigenvalue weighted by atomic mass is 9.75. The van der Waals surface area contributed by atoms with Crippen molar-refractivity contribution < 1.29 is 59.5 Å². The summed E-state index contributed by atoms with van der Waals surface area (Å²) in [5.41, 5.74) is 0.0509. The molecule has 0 aliphatic carbocycles. The fraction of sp³-hybridized carbons (Fsp3) is 0.441. The maximum Gasteiger partial charge on any atom is 0.347 e. The summed E-state index contributed by atoms with van der Waals surface area (Å²) in [5.74, 6) is -0.939. The summed E-state index contributed by atoms with van der Waals surface area (Å²) in [6.45, 7) is 7.39. The number of amides is 1. The molecule has 0 radical (unpaired) electrons. The van der Waals surface area contributed by atoms with Crippen molar-refractivity contribution in [1.82, 2.24) is 5.32 Å². The van der Waals surface area contributed by atoms with Crippen LogP contribution in [-0.2, 0) is 39.8 Å². The molecule has 0 fully saturated rings. The number of carbonyl (C=O) groups excluding carboxylic acids is 1. The number of allylic oxidation sites excluding steroid dienone is 1. The Hall–Kier alpha value is -3.82. The van der Waals surface area contributed by atoms with E-state index in [1.165, 1.54) is 24.3 Å². The minimum absolute atomic E-state index is 0.0285. The van der Waals surface area contributed by atoms with Gasteiger partial charge in [0.15, 0.2) is 5.71 Å². The number of hydrogen-bond acceptors (Lipinski definition) is 15. The summed E-state index contributed by atoms with van der Waals surface area (Å²) in [7, 11) is -9.49. The smallest absolute Gasteiger partial charge is 0.347 e. The van der Waals surface area contributed by atoms with E-state index in [2.05, 4.69) is 14.7 Å². The zero-order chi connectivity index (χ0) is 39.0. The normalized spacial score (nSPS) is 16.1. The summed E-state index contributed by atoms with van der Waals surface area (Å²) in [6.07, 6.45) is 3.75. The molecule has 2 heterocycles. The molecule has 1 aliphatic rings. The van der Waals surface area contributed by atoms with Crippen LogP contribution in [0.2, 0.25) is 0 Å². The van der Waals surface area contributed by atoms with Crippen LogP contribution in [0.15, 0.2) is 56.6 Å². The molecule has 53 heavy (non-hydrogen) atoms. The molecule has 0 saturated heterocycles. The van der Waals surface area contributed by atoms with E-state index in [9.17, 15) is 45.9 Å². The first-order chi connectivity index (χ1) is 25.0. The minimum Gasteiger partial charge on any atom is -0.748 e. The van der Waals surface area contributed by atoms with E-state index in [-0.39, 0.29) is 60.4 Å². The van der Waals surface area contributed by atoms with Gasteiger partial charge in [0, 0.05) is 85.5 Å². The molecule has 0 bridgehead atoms. The Morgan fingerprint density at radius 1 is 1.08 bits per heavy atom. The lowest BCUT2D eigenvalue weighted by Crippen LogP contribution is -2.32. The van der Waals surface area contributed by atoms with Crippen LogP contribution in [0.25, 0.3) is 17.0 Å². The first kappa shape index (κ1) is 41.9. The van der Waals surface area contributed by atoms with Gasteiger partial charge < -0.3 is 34.1 Å². The fourth-order valence-electron chi connectivity index (χ4n) is 6.48. The maximum atomic E-state index is 13.3. The number of nitrogens with zero attached hydrogens (tertiary/aromatic N) is 2. The highest BCUT2D eigenvalue weighted by molar-refractivity contribution is 7.94. The topological polar surface area (TPSA) is 242 Å². The number of rotatable bonds is 20. The number of nitrogens with one attached hydrogen (secondary N) is 1. The molecule has 3 aromatic rings. The van der Waals surface area contributed by atoms with Gasteiger partial charge in [0.05, 0.1) is 25.8 Å². The molecule has 1 aromatic heterocycles. The van der Waals surface area contributed by atoms with Crippen LogP contribution >= 0.6 is 12.0 Å². The molecule has 19 heteroatoms. The van der Waals surface area contributed by atoms with Gasteiger partial charge in [-0.3, -0.25) is 9.83 Å². The molecule has 1 atom stereocenters. The van der Waals surface area contributed by atoms with Gasteiger partial charge in [-0.2, -0.15) is 8.91 Å². The standard InChI is InChI=1S/C34H43N3O13S3/c1-4-36(5-2)23-10-12-25-29(21-23)48-33(40)26(32(25)39)13-15-30-34(3,16-6-9-31(38)35-17-7-19-51-50-49-41)27-22-24(53(45,46)47)11-14-28(27)37(30)18-8-20-52(42,43)44/h10-15,21-22H,4-9,16-20H2,1-3H3,(H4,35,38,41,42,43,44,45,46,47)/p-2. The molecule has 16 nitrogen and oxygen atoms in total. The van der Waals surface area contributed by atoms with Crippen LogP contribution in [0.5, 0.6) is 5.75 Å². The predicted octanol–water partition coefficient (Wildman–Crippen LogP) is 2.80. The Bertz CT molecular complexity index is 2150. The lowest BCUT2D eigenvalue weighted by Gasteiger charge is -2.23. The summed E-state index contributed by atoms with van der Waals surface area (Å²) in [6, 6.07) is 8.87. The van der Waals surface area contributed by atoms with Crippen molar-refractivity contribution in [1.29, 1.82) is 0 Å². The third kappa shape index (κ3) is 10.4. The summed E-state index contributed by atoms with van der Waals surface area (Å²) in [4.78, 5) is 27.5. The van der Waals surface area contributed by atoms with E-state index in [0.717, 1.165) is 23.8 Å². The van der Waals surface area contributed by atoms with Crippen LogP contribution < -0.4 is 21.1 Å². The van der Waals surface area contributed by atoms with Gasteiger partial charge in [-0.25, -0.2) is 21.6 Å². The van der Waals surface area contributed by atoms with E-state index in [0.29, 0.717) is 48.8 Å². The van der Waals surface area contributed by atoms with Gasteiger partial charge >= 0.3 is 5.63 Å². The summed E-state index contributed by atoms with van der Waals surface area (Å²) < 4.78 is 82.3. The highest BCUT2D eigenvalue weighted by Gasteiger charge is 2.47.